The Morgan fingerprint density at radius 3 is 2.46 bits per heavy atom. The molecule has 3 rings (SSSR count). The number of rotatable bonds is 12. The minimum Gasteiger partial charge on any atom is -0.492 e. The van der Waals surface area contributed by atoms with Crippen LogP contribution in [0, 0.1) is 17.6 Å². The van der Waals surface area contributed by atoms with Gasteiger partial charge in [0.1, 0.15) is 12.4 Å². The first-order valence-corrected chi connectivity index (χ1v) is 11.9. The van der Waals surface area contributed by atoms with Gasteiger partial charge in [-0.1, -0.05) is 25.0 Å². The van der Waals surface area contributed by atoms with Crippen LogP contribution in [0.15, 0.2) is 42.5 Å². The molecule has 1 unspecified atom stereocenters. The summed E-state index contributed by atoms with van der Waals surface area (Å²) in [5, 5.41) is 11.9. The Morgan fingerprint density at radius 1 is 1.11 bits per heavy atom. The van der Waals surface area contributed by atoms with Gasteiger partial charge >= 0.3 is 12.0 Å². The van der Waals surface area contributed by atoms with Crippen molar-refractivity contribution in [3.8, 4) is 5.75 Å². The van der Waals surface area contributed by atoms with E-state index in [0.29, 0.717) is 31.4 Å². The average molecular weight is 491 g/mol. The van der Waals surface area contributed by atoms with Crippen LogP contribution in [-0.2, 0) is 16.0 Å². The normalized spacial score (nSPS) is 14.5. The Morgan fingerprint density at radius 2 is 1.83 bits per heavy atom. The number of hydrogen-bond donors (Lipinski definition) is 2. The van der Waals surface area contributed by atoms with Crippen molar-refractivity contribution in [1.29, 1.82) is 0 Å². The van der Waals surface area contributed by atoms with Crippen LogP contribution in [0.4, 0.5) is 19.3 Å². The lowest BCUT2D eigenvalue weighted by Gasteiger charge is -2.26. The molecule has 1 aliphatic carbocycles. The molecule has 0 heterocycles. The fourth-order valence-electron chi connectivity index (χ4n) is 4.19. The molecule has 1 atom stereocenters. The second-order valence-electron chi connectivity index (χ2n) is 8.63. The molecule has 0 bridgehead atoms. The third-order valence-electron chi connectivity index (χ3n) is 6.03. The molecular formula is C26H32F2N2O5. The Bertz CT molecular complexity index is 980. The van der Waals surface area contributed by atoms with Crippen LogP contribution in [0.1, 0.15) is 38.2 Å². The zero-order valence-corrected chi connectivity index (χ0v) is 19.8. The Hall–Kier alpha value is -3.20. The van der Waals surface area contributed by atoms with Crippen molar-refractivity contribution in [2.75, 3.05) is 31.6 Å². The summed E-state index contributed by atoms with van der Waals surface area (Å²) in [7, 11) is 0. The molecule has 0 aliphatic heterocycles. The zero-order valence-electron chi connectivity index (χ0n) is 19.8. The van der Waals surface area contributed by atoms with Crippen molar-refractivity contribution in [1.82, 2.24) is 4.90 Å². The summed E-state index contributed by atoms with van der Waals surface area (Å²) in [5.41, 5.74) is 1.00. The highest BCUT2D eigenvalue weighted by Gasteiger charge is 2.22. The third kappa shape index (κ3) is 8.20. The van der Waals surface area contributed by atoms with Crippen LogP contribution in [0.3, 0.4) is 0 Å². The van der Waals surface area contributed by atoms with E-state index in [1.54, 1.807) is 36.1 Å². The van der Waals surface area contributed by atoms with E-state index in [0.717, 1.165) is 43.4 Å². The lowest BCUT2D eigenvalue weighted by molar-refractivity contribution is -0.149. The van der Waals surface area contributed by atoms with Crippen LogP contribution in [0.5, 0.6) is 5.75 Å². The molecule has 1 saturated carbocycles. The number of halogens is 2. The Labute approximate surface area is 204 Å². The van der Waals surface area contributed by atoms with Gasteiger partial charge in [0.05, 0.1) is 6.54 Å². The van der Waals surface area contributed by atoms with E-state index in [1.807, 2.05) is 0 Å². The molecule has 0 spiro atoms. The quantitative estimate of drug-likeness (QED) is 0.432. The molecule has 0 aromatic heterocycles. The number of carbonyl (C=O) groups excluding carboxylic acids is 1. The van der Waals surface area contributed by atoms with Gasteiger partial charge in [0.15, 0.2) is 17.7 Å². The number of aliphatic carboxylic acids is 1. The van der Waals surface area contributed by atoms with E-state index in [2.05, 4.69) is 5.32 Å². The monoisotopic (exact) mass is 490 g/mol. The first kappa shape index (κ1) is 26.4. The highest BCUT2D eigenvalue weighted by atomic mass is 19.2. The number of carboxylic acid groups (broad SMARTS) is 1. The maximum Gasteiger partial charge on any atom is 0.333 e. The van der Waals surface area contributed by atoms with Gasteiger partial charge in [-0.2, -0.15) is 0 Å². The number of carbonyl (C=O) groups is 2. The summed E-state index contributed by atoms with van der Waals surface area (Å²) in [5.74, 6) is -2.00. The minimum absolute atomic E-state index is 0.188. The molecule has 2 N–H and O–H groups in total. The lowest BCUT2D eigenvalue weighted by Crippen LogP contribution is -2.40. The summed E-state index contributed by atoms with van der Waals surface area (Å²) < 4.78 is 37.8. The number of carboxylic acids is 1. The van der Waals surface area contributed by atoms with Crippen LogP contribution in [0.2, 0.25) is 0 Å². The molecule has 2 amide bonds. The molecule has 9 heteroatoms. The number of ether oxygens (including phenoxy) is 2. The van der Waals surface area contributed by atoms with Crippen LogP contribution in [-0.4, -0.2) is 54.4 Å². The van der Waals surface area contributed by atoms with E-state index < -0.39 is 29.7 Å². The van der Waals surface area contributed by atoms with Gasteiger partial charge in [-0.15, -0.1) is 0 Å². The van der Waals surface area contributed by atoms with Crippen molar-refractivity contribution in [3.63, 3.8) is 0 Å². The van der Waals surface area contributed by atoms with Gasteiger partial charge < -0.3 is 24.8 Å². The highest BCUT2D eigenvalue weighted by molar-refractivity contribution is 5.89. The first-order valence-electron chi connectivity index (χ1n) is 11.9. The summed E-state index contributed by atoms with van der Waals surface area (Å²) in [4.78, 5) is 25.8. The fraction of sp³-hybridized carbons (Fsp3) is 0.462. The Balaban J connectivity index is 1.56. The number of benzene rings is 2. The largest absolute Gasteiger partial charge is 0.492 e. The van der Waals surface area contributed by atoms with Crippen molar-refractivity contribution in [3.05, 3.63) is 59.7 Å². The topological polar surface area (TPSA) is 88.1 Å². The summed E-state index contributed by atoms with van der Waals surface area (Å²) in [6, 6.07) is 9.95. The second kappa shape index (κ2) is 13.0. The SMILES string of the molecule is CCOC(Cc1ccc(OCCN(CC2CCCC2)C(=O)Nc2ccc(F)c(F)c2)cc1)C(=O)O. The molecule has 2 aromatic carbocycles. The van der Waals surface area contributed by atoms with Crippen molar-refractivity contribution >= 4 is 17.7 Å². The summed E-state index contributed by atoms with van der Waals surface area (Å²) in [6.07, 6.45) is 3.73. The second-order valence-corrected chi connectivity index (χ2v) is 8.63. The predicted octanol–water partition coefficient (Wildman–Crippen LogP) is 5.10. The molecule has 7 nitrogen and oxygen atoms in total. The standard InChI is InChI=1S/C26H32F2N2O5/c1-2-34-24(25(31)32)15-18-7-10-21(11-8-18)35-14-13-30(17-19-5-3-4-6-19)26(33)29-20-9-12-22(27)23(28)16-20/h7-12,16,19,24H,2-6,13-15,17H2,1H3,(H,29,33)(H,31,32). The number of amides is 2. The number of anilines is 1. The van der Waals surface area contributed by atoms with Crippen molar-refractivity contribution in [2.45, 2.75) is 45.1 Å². The predicted molar refractivity (Wildman–Crippen MR) is 128 cm³/mol. The van der Waals surface area contributed by atoms with Crippen molar-refractivity contribution < 1.29 is 33.0 Å². The molecule has 0 saturated heterocycles. The smallest absolute Gasteiger partial charge is 0.333 e. The van der Waals surface area contributed by atoms with Gasteiger partial charge in [0.25, 0.3) is 0 Å². The molecule has 1 fully saturated rings. The number of nitrogens with one attached hydrogen (secondary N) is 1. The molecule has 0 radical (unpaired) electrons. The van der Waals surface area contributed by atoms with Crippen LogP contribution in [0.25, 0.3) is 0 Å². The molecule has 35 heavy (non-hydrogen) atoms. The zero-order chi connectivity index (χ0) is 25.2. The van der Waals surface area contributed by atoms with E-state index >= 15 is 0 Å². The molecule has 2 aromatic rings. The first-order chi connectivity index (χ1) is 16.9. The minimum atomic E-state index is -1.02. The van der Waals surface area contributed by atoms with Crippen LogP contribution >= 0.6 is 0 Å². The summed E-state index contributed by atoms with van der Waals surface area (Å²) in [6.45, 7) is 3.19. The van der Waals surface area contributed by atoms with Gasteiger partial charge in [-0.05, 0) is 55.5 Å². The number of nitrogens with zero attached hydrogens (tertiary/aromatic N) is 1. The van der Waals surface area contributed by atoms with E-state index in [1.165, 1.54) is 6.07 Å². The van der Waals surface area contributed by atoms with E-state index in [9.17, 15) is 23.5 Å². The number of hydrogen-bond acceptors (Lipinski definition) is 4. The van der Waals surface area contributed by atoms with E-state index in [4.69, 9.17) is 9.47 Å². The Kier molecular flexibility index (Phi) is 9.84. The highest BCUT2D eigenvalue weighted by Crippen LogP contribution is 2.26. The maximum absolute atomic E-state index is 13.5. The van der Waals surface area contributed by atoms with Gasteiger partial charge in [-0.3, -0.25) is 0 Å². The molecule has 1 aliphatic rings. The lowest BCUT2D eigenvalue weighted by atomic mass is 10.1. The molecular weight excluding hydrogens is 458 g/mol. The fourth-order valence-corrected chi connectivity index (χ4v) is 4.19. The molecule has 190 valence electrons. The van der Waals surface area contributed by atoms with Gasteiger partial charge in [0.2, 0.25) is 0 Å². The average Bonchev–Trinajstić information content (AvgIpc) is 3.34. The van der Waals surface area contributed by atoms with Crippen LogP contribution < -0.4 is 10.1 Å². The van der Waals surface area contributed by atoms with E-state index in [-0.39, 0.29) is 18.7 Å². The van der Waals surface area contributed by atoms with Gasteiger partial charge in [0, 0.05) is 31.3 Å². The number of urea groups is 1. The third-order valence-corrected chi connectivity index (χ3v) is 6.03. The van der Waals surface area contributed by atoms with Gasteiger partial charge in [-0.25, -0.2) is 18.4 Å². The van der Waals surface area contributed by atoms with Crippen molar-refractivity contribution in [2.24, 2.45) is 5.92 Å². The summed E-state index contributed by atoms with van der Waals surface area (Å²) >= 11 is 0. The maximum atomic E-state index is 13.5.